The van der Waals surface area contributed by atoms with Crippen molar-refractivity contribution >= 4 is 0 Å². The van der Waals surface area contributed by atoms with Gasteiger partial charge in [-0.3, -0.25) is 0 Å². The Morgan fingerprint density at radius 3 is 1.62 bits per heavy atom. The molecule has 0 aromatic heterocycles. The van der Waals surface area contributed by atoms with Gasteiger partial charge in [0.1, 0.15) is 0 Å². The fourth-order valence-corrected chi connectivity index (χ4v) is 2.77. The van der Waals surface area contributed by atoms with Gasteiger partial charge in [-0.2, -0.15) is 0 Å². The number of nitrogens with zero attached hydrogens (tertiary/aromatic N) is 1. The number of quaternary nitrogens is 1. The molecule has 1 atom stereocenters. The van der Waals surface area contributed by atoms with Crippen LogP contribution in [0.15, 0.2) is 60.7 Å². The summed E-state index contributed by atoms with van der Waals surface area (Å²) in [5.41, 5.74) is 2.85. The average Bonchev–Trinajstić information content (AvgIpc) is 2.54. The summed E-state index contributed by atoms with van der Waals surface area (Å²) >= 11 is 0. The van der Waals surface area contributed by atoms with Gasteiger partial charge in [-0.05, 0) is 25.0 Å². The molecule has 21 heavy (non-hydrogen) atoms. The molecule has 0 radical (unpaired) electrons. The number of hydrogen-bond acceptors (Lipinski definition) is 0. The SMILES string of the molecule is CC[N+](C)(C)[C@H](C)CC(c1ccccc1)c1ccccc1. The third-order valence-corrected chi connectivity index (χ3v) is 4.99. The molecular weight excluding hydrogens is 254 g/mol. The molecule has 0 aliphatic rings. The first-order chi connectivity index (χ1) is 10.0. The lowest BCUT2D eigenvalue weighted by Gasteiger charge is -2.37. The molecular formula is C20H28N+. The van der Waals surface area contributed by atoms with Gasteiger partial charge in [0.25, 0.3) is 0 Å². The smallest absolute Gasteiger partial charge is 0.0866 e. The molecule has 0 aliphatic heterocycles. The van der Waals surface area contributed by atoms with E-state index in [1.165, 1.54) is 17.5 Å². The van der Waals surface area contributed by atoms with Crippen molar-refractivity contribution in [1.82, 2.24) is 0 Å². The van der Waals surface area contributed by atoms with Gasteiger partial charge >= 0.3 is 0 Å². The zero-order chi connectivity index (χ0) is 15.3. The Balaban J connectivity index is 2.30. The van der Waals surface area contributed by atoms with Crippen LogP contribution in [-0.4, -0.2) is 31.2 Å². The second-order valence-corrected chi connectivity index (χ2v) is 6.55. The summed E-state index contributed by atoms with van der Waals surface area (Å²) in [6, 6.07) is 22.5. The maximum atomic E-state index is 2.38. The zero-order valence-electron chi connectivity index (χ0n) is 13.8. The largest absolute Gasteiger partial charge is 0.326 e. The standard InChI is InChI=1S/C20H28N/c1-5-21(3,4)17(2)16-20(18-12-8-6-9-13-18)19-14-10-7-11-15-19/h6-15,17,20H,5,16H2,1-4H3/q+1/t17-/m1/s1. The van der Waals surface area contributed by atoms with Crippen LogP contribution in [0.1, 0.15) is 37.3 Å². The summed E-state index contributed by atoms with van der Waals surface area (Å²) < 4.78 is 1.07. The maximum Gasteiger partial charge on any atom is 0.0866 e. The van der Waals surface area contributed by atoms with Crippen LogP contribution in [0.2, 0.25) is 0 Å². The number of rotatable bonds is 6. The highest BCUT2D eigenvalue weighted by Gasteiger charge is 2.26. The third-order valence-electron chi connectivity index (χ3n) is 4.99. The number of hydrogen-bond donors (Lipinski definition) is 0. The first-order valence-corrected chi connectivity index (χ1v) is 7.97. The minimum atomic E-state index is 0.478. The molecule has 2 rings (SSSR count). The maximum absolute atomic E-state index is 2.38. The monoisotopic (exact) mass is 282 g/mol. The summed E-state index contributed by atoms with van der Waals surface area (Å²) in [4.78, 5) is 0. The van der Waals surface area contributed by atoms with E-state index in [1.807, 2.05) is 0 Å². The van der Waals surface area contributed by atoms with Crippen molar-refractivity contribution in [3.8, 4) is 0 Å². The Bertz CT molecular complexity index is 491. The molecule has 0 heterocycles. The van der Waals surface area contributed by atoms with E-state index in [4.69, 9.17) is 0 Å². The quantitative estimate of drug-likeness (QED) is 0.674. The molecule has 0 bridgehead atoms. The first kappa shape index (κ1) is 15.8. The van der Waals surface area contributed by atoms with Crippen molar-refractivity contribution in [3.63, 3.8) is 0 Å². The molecule has 1 heteroatoms. The summed E-state index contributed by atoms with van der Waals surface area (Å²) in [6.07, 6.45) is 1.18. The molecule has 1 nitrogen and oxygen atoms in total. The molecule has 0 aliphatic carbocycles. The van der Waals surface area contributed by atoms with Crippen LogP contribution in [0.4, 0.5) is 0 Å². The first-order valence-electron chi connectivity index (χ1n) is 7.97. The van der Waals surface area contributed by atoms with Gasteiger partial charge in [0, 0.05) is 12.3 Å². The van der Waals surface area contributed by atoms with Crippen LogP contribution >= 0.6 is 0 Å². The Kier molecular flexibility index (Phi) is 5.19. The molecule has 0 saturated heterocycles. The summed E-state index contributed by atoms with van der Waals surface area (Å²) in [5.74, 6) is 0.478. The fourth-order valence-electron chi connectivity index (χ4n) is 2.77. The van der Waals surface area contributed by atoms with Gasteiger partial charge < -0.3 is 4.48 Å². The lowest BCUT2D eigenvalue weighted by Crippen LogP contribution is -2.47. The van der Waals surface area contributed by atoms with E-state index in [9.17, 15) is 0 Å². The van der Waals surface area contributed by atoms with Crippen molar-refractivity contribution in [2.24, 2.45) is 0 Å². The number of benzene rings is 2. The topological polar surface area (TPSA) is 0 Å². The molecule has 0 spiro atoms. The molecule has 0 unspecified atom stereocenters. The van der Waals surface area contributed by atoms with Crippen molar-refractivity contribution < 1.29 is 4.48 Å². The highest BCUT2D eigenvalue weighted by atomic mass is 15.3. The van der Waals surface area contributed by atoms with Crippen LogP contribution in [0.25, 0.3) is 0 Å². The second-order valence-electron chi connectivity index (χ2n) is 6.55. The van der Waals surface area contributed by atoms with Crippen LogP contribution in [0.5, 0.6) is 0 Å². The molecule has 0 saturated carbocycles. The average molecular weight is 282 g/mol. The van der Waals surface area contributed by atoms with Crippen molar-refractivity contribution in [1.29, 1.82) is 0 Å². The molecule has 112 valence electrons. The van der Waals surface area contributed by atoms with E-state index in [-0.39, 0.29) is 0 Å². The van der Waals surface area contributed by atoms with Crippen molar-refractivity contribution in [2.45, 2.75) is 32.2 Å². The minimum Gasteiger partial charge on any atom is -0.326 e. The Morgan fingerprint density at radius 1 is 0.810 bits per heavy atom. The fraction of sp³-hybridized carbons (Fsp3) is 0.400. The van der Waals surface area contributed by atoms with Gasteiger partial charge in [-0.15, -0.1) is 0 Å². The molecule has 2 aromatic carbocycles. The molecule has 0 fully saturated rings. The van der Waals surface area contributed by atoms with Gasteiger partial charge in [-0.25, -0.2) is 0 Å². The van der Waals surface area contributed by atoms with Gasteiger partial charge in [0.15, 0.2) is 0 Å². The molecule has 0 N–H and O–H groups in total. The van der Waals surface area contributed by atoms with Gasteiger partial charge in [0.05, 0.1) is 26.7 Å². The third kappa shape index (κ3) is 3.95. The van der Waals surface area contributed by atoms with Crippen LogP contribution in [0.3, 0.4) is 0 Å². The lowest BCUT2D eigenvalue weighted by atomic mass is 9.85. The summed E-state index contributed by atoms with van der Waals surface area (Å²) in [5, 5.41) is 0. The Morgan fingerprint density at radius 2 is 1.24 bits per heavy atom. The molecule has 0 amide bonds. The Labute approximate surface area is 129 Å². The van der Waals surface area contributed by atoms with E-state index in [0.29, 0.717) is 12.0 Å². The van der Waals surface area contributed by atoms with Gasteiger partial charge in [-0.1, -0.05) is 60.7 Å². The minimum absolute atomic E-state index is 0.478. The van der Waals surface area contributed by atoms with E-state index < -0.39 is 0 Å². The van der Waals surface area contributed by atoms with Gasteiger partial charge in [0.2, 0.25) is 0 Å². The van der Waals surface area contributed by atoms with E-state index in [0.717, 1.165) is 11.0 Å². The molecule has 2 aromatic rings. The summed E-state index contributed by atoms with van der Waals surface area (Å²) in [6.45, 7) is 5.82. The predicted octanol–water partition coefficient (Wildman–Crippen LogP) is 4.69. The van der Waals surface area contributed by atoms with E-state index in [1.54, 1.807) is 0 Å². The highest BCUT2D eigenvalue weighted by molar-refractivity contribution is 5.32. The van der Waals surface area contributed by atoms with Crippen LogP contribution < -0.4 is 0 Å². The predicted molar refractivity (Wildman–Crippen MR) is 91.5 cm³/mol. The second kappa shape index (κ2) is 6.91. The highest BCUT2D eigenvalue weighted by Crippen LogP contribution is 2.31. The lowest BCUT2D eigenvalue weighted by molar-refractivity contribution is -0.911. The van der Waals surface area contributed by atoms with Crippen molar-refractivity contribution in [3.05, 3.63) is 71.8 Å². The normalized spacial score (nSPS) is 13.4. The van der Waals surface area contributed by atoms with E-state index in [2.05, 4.69) is 88.6 Å². The van der Waals surface area contributed by atoms with E-state index >= 15 is 0 Å². The Hall–Kier alpha value is -1.60. The van der Waals surface area contributed by atoms with Crippen LogP contribution in [0, 0.1) is 0 Å². The zero-order valence-corrected chi connectivity index (χ0v) is 13.8. The van der Waals surface area contributed by atoms with Crippen molar-refractivity contribution in [2.75, 3.05) is 20.6 Å². The summed E-state index contributed by atoms with van der Waals surface area (Å²) in [7, 11) is 4.66. The van der Waals surface area contributed by atoms with Crippen LogP contribution in [-0.2, 0) is 0 Å².